The van der Waals surface area contributed by atoms with Crippen LogP contribution in [0.3, 0.4) is 0 Å². The van der Waals surface area contributed by atoms with E-state index in [0.29, 0.717) is 32.8 Å². The highest BCUT2D eigenvalue weighted by atomic mass is 16.6. The van der Waals surface area contributed by atoms with Crippen molar-refractivity contribution in [2.45, 2.75) is 19.8 Å². The maximum Gasteiger partial charge on any atom is 0.330 e. The van der Waals surface area contributed by atoms with Gasteiger partial charge in [0.25, 0.3) is 0 Å². The third-order valence-corrected chi connectivity index (χ3v) is 2.55. The number of ether oxygens (including phenoxy) is 3. The van der Waals surface area contributed by atoms with E-state index in [2.05, 4.69) is 17.9 Å². The number of carbonyl (C=O) groups is 2. The number of rotatable bonds is 9. The number of amides is 1. The summed E-state index contributed by atoms with van der Waals surface area (Å²) in [6, 6.07) is 0. The third kappa shape index (κ3) is 10.8. The van der Waals surface area contributed by atoms with E-state index in [-0.39, 0.29) is 12.5 Å². The Morgan fingerprint density at radius 3 is 2.38 bits per heavy atom. The molecule has 1 fully saturated rings. The Kier molecular flexibility index (Phi) is 12.3. The van der Waals surface area contributed by atoms with Crippen LogP contribution in [0.1, 0.15) is 19.8 Å². The second-order valence-corrected chi connectivity index (χ2v) is 4.05. The number of hydrogen-bond donors (Lipinski definition) is 0. The molecule has 0 N–H and O–H groups in total. The van der Waals surface area contributed by atoms with Crippen LogP contribution in [-0.2, 0) is 23.8 Å². The number of esters is 1. The van der Waals surface area contributed by atoms with E-state index in [1.54, 1.807) is 11.1 Å². The SMILES string of the molecule is C=CC(=O)OCCOCCOCC.C=CN1CCCC1=O. The van der Waals surface area contributed by atoms with Crippen LogP contribution in [0.25, 0.3) is 0 Å². The van der Waals surface area contributed by atoms with Gasteiger partial charge in [0.1, 0.15) is 6.61 Å². The lowest BCUT2D eigenvalue weighted by molar-refractivity contribution is -0.139. The fraction of sp³-hybridized carbons (Fsp3) is 0.600. The molecule has 1 heterocycles. The molecule has 1 amide bonds. The van der Waals surface area contributed by atoms with Gasteiger partial charge in [0.15, 0.2) is 0 Å². The van der Waals surface area contributed by atoms with Crippen LogP contribution in [-0.4, -0.2) is 56.4 Å². The highest BCUT2D eigenvalue weighted by Gasteiger charge is 2.15. The molecule has 1 aliphatic rings. The van der Waals surface area contributed by atoms with Crippen LogP contribution < -0.4 is 0 Å². The van der Waals surface area contributed by atoms with Crippen LogP contribution in [0, 0.1) is 0 Å². The molecule has 0 bridgehead atoms. The molecular weight excluding hydrogens is 274 g/mol. The van der Waals surface area contributed by atoms with Gasteiger partial charge in [0.2, 0.25) is 5.91 Å². The van der Waals surface area contributed by atoms with Gasteiger partial charge in [0, 0.05) is 25.6 Å². The van der Waals surface area contributed by atoms with Crippen LogP contribution in [0.2, 0.25) is 0 Å². The van der Waals surface area contributed by atoms with Crippen molar-refractivity contribution in [3.63, 3.8) is 0 Å². The summed E-state index contributed by atoms with van der Waals surface area (Å²) >= 11 is 0. The zero-order valence-corrected chi connectivity index (χ0v) is 12.7. The van der Waals surface area contributed by atoms with Crippen LogP contribution >= 0.6 is 0 Å². The lowest BCUT2D eigenvalue weighted by Crippen LogP contribution is -2.16. The fourth-order valence-electron chi connectivity index (χ4n) is 1.49. The smallest absolute Gasteiger partial charge is 0.330 e. The average Bonchev–Trinajstić information content (AvgIpc) is 2.92. The van der Waals surface area contributed by atoms with Crippen LogP contribution in [0.15, 0.2) is 25.4 Å². The van der Waals surface area contributed by atoms with Gasteiger partial charge < -0.3 is 19.1 Å². The predicted molar refractivity (Wildman–Crippen MR) is 79.6 cm³/mol. The molecule has 6 heteroatoms. The van der Waals surface area contributed by atoms with E-state index in [4.69, 9.17) is 9.47 Å². The van der Waals surface area contributed by atoms with Crippen molar-refractivity contribution in [3.05, 3.63) is 25.4 Å². The van der Waals surface area contributed by atoms with Gasteiger partial charge in [0.05, 0.1) is 19.8 Å². The molecule has 0 atom stereocenters. The van der Waals surface area contributed by atoms with Gasteiger partial charge >= 0.3 is 5.97 Å². The van der Waals surface area contributed by atoms with Gasteiger partial charge in [-0.3, -0.25) is 4.79 Å². The first kappa shape index (κ1) is 19.3. The minimum absolute atomic E-state index is 0.208. The molecule has 0 aliphatic carbocycles. The second kappa shape index (κ2) is 13.3. The summed E-state index contributed by atoms with van der Waals surface area (Å²) in [6.45, 7) is 12.0. The van der Waals surface area contributed by atoms with Crippen molar-refractivity contribution in [2.75, 3.05) is 39.6 Å². The Hall–Kier alpha value is -1.66. The van der Waals surface area contributed by atoms with E-state index in [1.165, 1.54) is 0 Å². The average molecular weight is 299 g/mol. The number of hydrogen-bond acceptors (Lipinski definition) is 5. The molecule has 21 heavy (non-hydrogen) atoms. The second-order valence-electron chi connectivity index (χ2n) is 4.05. The Morgan fingerprint density at radius 2 is 1.90 bits per heavy atom. The molecule has 0 unspecified atom stereocenters. The molecule has 0 radical (unpaired) electrons. The summed E-state index contributed by atoms with van der Waals surface area (Å²) in [4.78, 5) is 22.8. The van der Waals surface area contributed by atoms with Crippen molar-refractivity contribution < 1.29 is 23.8 Å². The number of carbonyl (C=O) groups excluding carboxylic acids is 2. The first-order chi connectivity index (χ1) is 10.2. The molecule has 1 aliphatic heterocycles. The summed E-state index contributed by atoms with van der Waals surface area (Å²) < 4.78 is 14.8. The van der Waals surface area contributed by atoms with Gasteiger partial charge in [-0.05, 0) is 19.5 Å². The Bertz CT molecular complexity index is 330. The van der Waals surface area contributed by atoms with Gasteiger partial charge in [-0.1, -0.05) is 13.2 Å². The van der Waals surface area contributed by atoms with Crippen molar-refractivity contribution in [1.29, 1.82) is 0 Å². The summed E-state index contributed by atoms with van der Waals surface area (Å²) in [7, 11) is 0. The highest BCUT2D eigenvalue weighted by molar-refractivity contribution is 5.81. The van der Waals surface area contributed by atoms with Gasteiger partial charge in [-0.2, -0.15) is 0 Å². The molecule has 6 nitrogen and oxygen atoms in total. The van der Waals surface area contributed by atoms with E-state index >= 15 is 0 Å². The molecular formula is C15H25NO5. The zero-order chi connectivity index (χ0) is 15.9. The summed E-state index contributed by atoms with van der Waals surface area (Å²) in [5, 5.41) is 0. The zero-order valence-electron chi connectivity index (χ0n) is 12.7. The van der Waals surface area contributed by atoms with E-state index in [9.17, 15) is 9.59 Å². The largest absolute Gasteiger partial charge is 0.460 e. The quantitative estimate of drug-likeness (QED) is 0.367. The molecule has 1 rings (SSSR count). The third-order valence-electron chi connectivity index (χ3n) is 2.55. The molecule has 120 valence electrons. The summed E-state index contributed by atoms with van der Waals surface area (Å²) in [5.74, 6) is -0.214. The minimum atomic E-state index is -0.423. The normalized spacial score (nSPS) is 13.4. The van der Waals surface area contributed by atoms with E-state index in [1.807, 2.05) is 6.92 Å². The van der Waals surface area contributed by atoms with Crippen molar-refractivity contribution in [3.8, 4) is 0 Å². The predicted octanol–water partition coefficient (Wildman–Crippen LogP) is 1.52. The van der Waals surface area contributed by atoms with Crippen LogP contribution in [0.4, 0.5) is 0 Å². The van der Waals surface area contributed by atoms with Gasteiger partial charge in [-0.15, -0.1) is 0 Å². The summed E-state index contributed by atoms with van der Waals surface area (Å²) in [6.07, 6.45) is 4.41. The van der Waals surface area contributed by atoms with Crippen molar-refractivity contribution in [2.24, 2.45) is 0 Å². The molecule has 0 aromatic heterocycles. The lowest BCUT2D eigenvalue weighted by atomic mass is 10.4. The molecule has 1 saturated heterocycles. The Balaban J connectivity index is 0.000000423. The highest BCUT2D eigenvalue weighted by Crippen LogP contribution is 2.08. The maximum atomic E-state index is 10.7. The number of likely N-dealkylation sites (tertiary alicyclic amines) is 1. The monoisotopic (exact) mass is 299 g/mol. The lowest BCUT2D eigenvalue weighted by Gasteiger charge is -2.05. The minimum Gasteiger partial charge on any atom is -0.460 e. The first-order valence-corrected chi connectivity index (χ1v) is 7.02. The maximum absolute atomic E-state index is 10.7. The van der Waals surface area contributed by atoms with Crippen molar-refractivity contribution >= 4 is 11.9 Å². The topological polar surface area (TPSA) is 65.1 Å². The molecule has 0 saturated carbocycles. The number of nitrogens with zero attached hydrogens (tertiary/aromatic N) is 1. The standard InChI is InChI=1S/C9H16O4.C6H9NO/c1-3-9(10)13-8-7-12-6-5-11-4-2;1-2-7-5-3-4-6(7)8/h3H,1,4-8H2,2H3;2H,1,3-5H2. The fourth-order valence-corrected chi connectivity index (χ4v) is 1.49. The molecule has 0 aromatic rings. The van der Waals surface area contributed by atoms with Crippen molar-refractivity contribution in [1.82, 2.24) is 4.90 Å². The Morgan fingerprint density at radius 1 is 1.24 bits per heavy atom. The van der Waals surface area contributed by atoms with Crippen LogP contribution in [0.5, 0.6) is 0 Å². The summed E-state index contributed by atoms with van der Waals surface area (Å²) in [5.41, 5.74) is 0. The molecule has 0 spiro atoms. The van der Waals surface area contributed by atoms with E-state index < -0.39 is 5.97 Å². The van der Waals surface area contributed by atoms with E-state index in [0.717, 1.165) is 19.0 Å². The van der Waals surface area contributed by atoms with Gasteiger partial charge in [-0.25, -0.2) is 4.79 Å². The first-order valence-electron chi connectivity index (χ1n) is 7.02. The Labute approximate surface area is 126 Å². The molecule has 0 aromatic carbocycles.